The molecule has 16 heavy (non-hydrogen) atoms. The molecule has 0 radical (unpaired) electrons. The summed E-state index contributed by atoms with van der Waals surface area (Å²) < 4.78 is 2.12. The molecule has 0 saturated heterocycles. The van der Waals surface area contributed by atoms with Crippen molar-refractivity contribution < 1.29 is 0 Å². The number of nitrogens with zero attached hydrogens (tertiary/aromatic N) is 2. The number of aromatic nitrogens is 2. The van der Waals surface area contributed by atoms with E-state index in [9.17, 15) is 0 Å². The Kier molecular flexibility index (Phi) is 6.16. The monoisotopic (exact) mass is 223 g/mol. The molecular formula is C13H25N3. The van der Waals surface area contributed by atoms with Gasteiger partial charge in [0.05, 0.1) is 6.33 Å². The summed E-state index contributed by atoms with van der Waals surface area (Å²) >= 11 is 0. The van der Waals surface area contributed by atoms with Gasteiger partial charge in [-0.1, -0.05) is 27.2 Å². The molecule has 1 N–H and O–H groups in total. The molecule has 3 nitrogen and oxygen atoms in total. The van der Waals surface area contributed by atoms with Gasteiger partial charge < -0.3 is 9.88 Å². The number of imidazole rings is 1. The summed E-state index contributed by atoms with van der Waals surface area (Å²) in [4.78, 5) is 4.04. The van der Waals surface area contributed by atoms with Crippen LogP contribution in [0, 0.1) is 5.92 Å². The van der Waals surface area contributed by atoms with Crippen LogP contribution in [0.5, 0.6) is 0 Å². The predicted octanol–water partition coefficient (Wildman–Crippen LogP) is 2.69. The van der Waals surface area contributed by atoms with Gasteiger partial charge in [-0.25, -0.2) is 4.98 Å². The van der Waals surface area contributed by atoms with Crippen LogP contribution in [-0.2, 0) is 6.54 Å². The largest absolute Gasteiger partial charge is 0.336 e. The summed E-state index contributed by atoms with van der Waals surface area (Å²) in [5.41, 5.74) is 0. The smallest absolute Gasteiger partial charge is 0.0946 e. The maximum absolute atomic E-state index is 4.04. The Bertz CT molecular complexity index is 256. The molecule has 0 aromatic carbocycles. The Morgan fingerprint density at radius 3 is 2.75 bits per heavy atom. The first-order valence-corrected chi connectivity index (χ1v) is 6.47. The summed E-state index contributed by atoms with van der Waals surface area (Å²) in [7, 11) is 0. The highest BCUT2D eigenvalue weighted by molar-refractivity contribution is 4.76. The lowest BCUT2D eigenvalue weighted by atomic mass is 9.95. The van der Waals surface area contributed by atoms with Crippen LogP contribution in [-0.4, -0.2) is 22.1 Å². The molecule has 0 bridgehead atoms. The molecule has 1 heterocycles. The molecule has 0 fully saturated rings. The molecule has 0 amide bonds. The van der Waals surface area contributed by atoms with E-state index in [1.807, 2.05) is 18.7 Å². The highest BCUT2D eigenvalue weighted by atomic mass is 15.0. The average molecular weight is 223 g/mol. The summed E-state index contributed by atoms with van der Waals surface area (Å²) in [6.45, 7) is 8.91. The van der Waals surface area contributed by atoms with Crippen molar-refractivity contribution in [3.63, 3.8) is 0 Å². The van der Waals surface area contributed by atoms with Crippen molar-refractivity contribution in [1.82, 2.24) is 14.9 Å². The SMILES string of the molecule is CCCC(C)C(CC)NCCn1ccnc1. The van der Waals surface area contributed by atoms with Crippen LogP contribution in [0.2, 0.25) is 0 Å². The van der Waals surface area contributed by atoms with E-state index in [2.05, 4.69) is 35.6 Å². The average Bonchev–Trinajstić information content (AvgIpc) is 2.77. The second kappa shape index (κ2) is 7.44. The van der Waals surface area contributed by atoms with E-state index in [4.69, 9.17) is 0 Å². The molecule has 3 heteroatoms. The second-order valence-electron chi connectivity index (χ2n) is 4.54. The van der Waals surface area contributed by atoms with Gasteiger partial charge in [0.1, 0.15) is 0 Å². The molecule has 1 rings (SSSR count). The van der Waals surface area contributed by atoms with Gasteiger partial charge in [0.2, 0.25) is 0 Å². The van der Waals surface area contributed by atoms with Crippen LogP contribution in [0.3, 0.4) is 0 Å². The van der Waals surface area contributed by atoms with Crippen molar-refractivity contribution in [2.24, 2.45) is 5.92 Å². The second-order valence-corrected chi connectivity index (χ2v) is 4.54. The van der Waals surface area contributed by atoms with E-state index in [0.29, 0.717) is 6.04 Å². The van der Waals surface area contributed by atoms with Gasteiger partial charge in [-0.15, -0.1) is 0 Å². The van der Waals surface area contributed by atoms with Crippen LogP contribution in [0.4, 0.5) is 0 Å². The van der Waals surface area contributed by atoms with E-state index in [1.54, 1.807) is 0 Å². The van der Waals surface area contributed by atoms with Crippen molar-refractivity contribution >= 4 is 0 Å². The van der Waals surface area contributed by atoms with Crippen molar-refractivity contribution in [2.75, 3.05) is 6.54 Å². The maximum atomic E-state index is 4.04. The van der Waals surface area contributed by atoms with Crippen LogP contribution in [0.25, 0.3) is 0 Å². The Balaban J connectivity index is 2.23. The standard InChI is InChI=1S/C13H25N3/c1-4-6-12(3)13(5-2)15-8-10-16-9-7-14-11-16/h7,9,11-13,15H,4-6,8,10H2,1-3H3. The van der Waals surface area contributed by atoms with Crippen LogP contribution >= 0.6 is 0 Å². The number of nitrogens with one attached hydrogen (secondary N) is 1. The quantitative estimate of drug-likeness (QED) is 0.734. The van der Waals surface area contributed by atoms with E-state index < -0.39 is 0 Å². The summed E-state index contributed by atoms with van der Waals surface area (Å²) in [5.74, 6) is 0.776. The minimum Gasteiger partial charge on any atom is -0.336 e. The van der Waals surface area contributed by atoms with Gasteiger partial charge in [0, 0.05) is 31.5 Å². The zero-order valence-electron chi connectivity index (χ0n) is 10.8. The zero-order valence-corrected chi connectivity index (χ0v) is 10.8. The van der Waals surface area contributed by atoms with Gasteiger partial charge in [-0.05, 0) is 18.8 Å². The molecule has 1 aromatic rings. The van der Waals surface area contributed by atoms with Crippen molar-refractivity contribution in [3.05, 3.63) is 18.7 Å². The summed E-state index contributed by atoms with van der Waals surface area (Å²) in [6.07, 6.45) is 9.52. The Labute approximate surface area is 99.3 Å². The normalized spacial score (nSPS) is 14.9. The van der Waals surface area contributed by atoms with Gasteiger partial charge in [0.25, 0.3) is 0 Å². The molecule has 0 aliphatic rings. The molecule has 0 aliphatic carbocycles. The fourth-order valence-corrected chi connectivity index (χ4v) is 2.20. The van der Waals surface area contributed by atoms with Gasteiger partial charge in [-0.2, -0.15) is 0 Å². The van der Waals surface area contributed by atoms with Gasteiger partial charge in [-0.3, -0.25) is 0 Å². The molecule has 92 valence electrons. The fourth-order valence-electron chi connectivity index (χ4n) is 2.20. The highest BCUT2D eigenvalue weighted by Crippen LogP contribution is 2.12. The minimum absolute atomic E-state index is 0.656. The van der Waals surface area contributed by atoms with E-state index in [0.717, 1.165) is 19.0 Å². The van der Waals surface area contributed by atoms with E-state index in [1.165, 1.54) is 19.3 Å². The zero-order chi connectivity index (χ0) is 11.8. The predicted molar refractivity (Wildman–Crippen MR) is 68.4 cm³/mol. The molecule has 0 spiro atoms. The Morgan fingerprint density at radius 1 is 1.38 bits per heavy atom. The third-order valence-electron chi connectivity index (χ3n) is 3.21. The Morgan fingerprint density at radius 2 is 2.19 bits per heavy atom. The maximum Gasteiger partial charge on any atom is 0.0946 e. The lowest BCUT2D eigenvalue weighted by Gasteiger charge is -2.23. The van der Waals surface area contributed by atoms with Crippen LogP contribution in [0.1, 0.15) is 40.0 Å². The van der Waals surface area contributed by atoms with Crippen LogP contribution < -0.4 is 5.32 Å². The summed E-state index contributed by atoms with van der Waals surface area (Å²) in [6, 6.07) is 0.656. The topological polar surface area (TPSA) is 29.9 Å². The highest BCUT2D eigenvalue weighted by Gasteiger charge is 2.13. The van der Waals surface area contributed by atoms with Crippen molar-refractivity contribution in [1.29, 1.82) is 0 Å². The first-order chi connectivity index (χ1) is 7.77. The molecule has 2 atom stereocenters. The lowest BCUT2D eigenvalue weighted by Crippen LogP contribution is -2.36. The van der Waals surface area contributed by atoms with E-state index >= 15 is 0 Å². The number of rotatable bonds is 8. The Hall–Kier alpha value is -0.830. The van der Waals surface area contributed by atoms with Crippen molar-refractivity contribution in [3.8, 4) is 0 Å². The molecule has 1 aromatic heterocycles. The third-order valence-corrected chi connectivity index (χ3v) is 3.21. The lowest BCUT2D eigenvalue weighted by molar-refractivity contribution is 0.341. The first-order valence-electron chi connectivity index (χ1n) is 6.47. The minimum atomic E-state index is 0.656. The molecule has 2 unspecified atom stereocenters. The van der Waals surface area contributed by atoms with Crippen LogP contribution in [0.15, 0.2) is 18.7 Å². The first kappa shape index (κ1) is 13.2. The third kappa shape index (κ3) is 4.35. The summed E-state index contributed by atoms with van der Waals surface area (Å²) in [5, 5.41) is 3.64. The molecule has 0 aliphatic heterocycles. The van der Waals surface area contributed by atoms with Crippen molar-refractivity contribution in [2.45, 2.75) is 52.6 Å². The molecular weight excluding hydrogens is 198 g/mol. The fraction of sp³-hybridized carbons (Fsp3) is 0.769. The number of hydrogen-bond donors (Lipinski definition) is 1. The van der Waals surface area contributed by atoms with Gasteiger partial charge >= 0.3 is 0 Å². The van der Waals surface area contributed by atoms with Gasteiger partial charge in [0.15, 0.2) is 0 Å². The molecule has 0 saturated carbocycles. The van der Waals surface area contributed by atoms with E-state index in [-0.39, 0.29) is 0 Å². The number of hydrogen-bond acceptors (Lipinski definition) is 2.